The molecule has 0 bridgehead atoms. The normalized spacial score (nSPS) is 17.2. The van der Waals surface area contributed by atoms with Gasteiger partial charge < -0.3 is 10.2 Å². The van der Waals surface area contributed by atoms with E-state index in [1.165, 1.54) is 18.2 Å². The number of carbonyl (C=O) groups excluding carboxylic acids is 1. The van der Waals surface area contributed by atoms with E-state index in [4.69, 9.17) is 4.84 Å². The number of hydroxylamine groups is 1. The number of piperidine rings is 1. The minimum atomic E-state index is -4.31. The smallest absolute Gasteiger partial charge is 0.323 e. The molecule has 0 saturated carbocycles. The van der Waals surface area contributed by atoms with Crippen LogP contribution < -0.4 is 5.32 Å². The van der Waals surface area contributed by atoms with E-state index in [1.807, 2.05) is 0 Å². The number of nitrogens with zero attached hydrogens (tertiary/aromatic N) is 2. The van der Waals surface area contributed by atoms with Crippen molar-refractivity contribution in [2.24, 2.45) is 0 Å². The molecule has 0 aliphatic carbocycles. The highest BCUT2D eigenvalue weighted by molar-refractivity contribution is 7.89. The number of benzene rings is 1. The van der Waals surface area contributed by atoms with E-state index >= 15 is 0 Å². The molecular weight excluding hydrogens is 370 g/mol. The Morgan fingerprint density at radius 2 is 2.08 bits per heavy atom. The molecule has 1 fully saturated rings. The quantitative estimate of drug-likeness (QED) is 0.425. The van der Waals surface area contributed by atoms with Crippen LogP contribution in [0.5, 0.6) is 0 Å². The van der Waals surface area contributed by atoms with Crippen LogP contribution in [0.1, 0.15) is 19.8 Å². The Kier molecular flexibility index (Phi) is 6.03. The summed E-state index contributed by atoms with van der Waals surface area (Å²) >= 11 is 4.27. The number of hydrogen-bond donors (Lipinski definition) is 2. The number of non-ortho nitro benzene ring substituents is 1. The third-order valence-electron chi connectivity index (χ3n) is 3.97. The van der Waals surface area contributed by atoms with Gasteiger partial charge in [-0.05, 0) is 36.5 Å². The van der Waals surface area contributed by atoms with Gasteiger partial charge in [-0.15, -0.1) is 0 Å². The number of nitro benzene ring substituents is 1. The summed E-state index contributed by atoms with van der Waals surface area (Å²) in [5, 5.41) is 14.1. The van der Waals surface area contributed by atoms with Gasteiger partial charge in [0.25, 0.3) is 15.7 Å². The summed E-state index contributed by atoms with van der Waals surface area (Å²) in [5.41, 5.74) is -1.39. The molecule has 1 aliphatic heterocycles. The number of thiol groups is 1. The predicted octanol–water partition coefficient (Wildman–Crippen LogP) is 1.12. The molecule has 0 radical (unpaired) electrons. The first-order valence-electron chi connectivity index (χ1n) is 7.53. The van der Waals surface area contributed by atoms with Gasteiger partial charge in [0.1, 0.15) is 0 Å². The highest BCUT2D eigenvalue weighted by Gasteiger charge is 2.47. The van der Waals surface area contributed by atoms with Crippen LogP contribution in [0.3, 0.4) is 0 Å². The van der Waals surface area contributed by atoms with E-state index in [0.29, 0.717) is 30.4 Å². The maximum absolute atomic E-state index is 13.1. The van der Waals surface area contributed by atoms with Crippen LogP contribution in [0.4, 0.5) is 5.69 Å². The predicted molar refractivity (Wildman–Crippen MR) is 92.6 cm³/mol. The third-order valence-corrected chi connectivity index (χ3v) is 6.31. The second-order valence-corrected chi connectivity index (χ2v) is 7.77. The minimum Gasteiger partial charge on any atom is -0.353 e. The van der Waals surface area contributed by atoms with Crippen molar-refractivity contribution in [3.63, 3.8) is 0 Å². The van der Waals surface area contributed by atoms with Gasteiger partial charge in [0.2, 0.25) is 0 Å². The number of nitro groups is 1. The number of sulfonamides is 1. The zero-order valence-electron chi connectivity index (χ0n) is 13.5. The fraction of sp³-hybridized carbons (Fsp3) is 0.500. The second-order valence-electron chi connectivity index (χ2n) is 5.70. The lowest BCUT2D eigenvalue weighted by Gasteiger charge is -2.42. The molecule has 1 heterocycles. The maximum atomic E-state index is 13.1. The summed E-state index contributed by atoms with van der Waals surface area (Å²) in [6, 6.07) is 4.63. The molecule has 0 amide bonds. The third kappa shape index (κ3) is 4.11. The summed E-state index contributed by atoms with van der Waals surface area (Å²) in [5.74, 6) is -0.662. The summed E-state index contributed by atoms with van der Waals surface area (Å²) < 4.78 is 26.8. The summed E-state index contributed by atoms with van der Waals surface area (Å²) in [7, 11) is -4.31. The molecule has 1 aliphatic rings. The molecule has 2 rings (SSSR count). The van der Waals surface area contributed by atoms with Crippen LogP contribution in [0.2, 0.25) is 0 Å². The standard InChI is InChI=1S/C14H19N3O6S2/c1-11(18)23-17(14(10-24)5-7-15-8-6-14)25(21,22)13-4-2-3-12(9-13)16(19)20/h2-4,9,15,24H,5-8,10H2,1H3. The monoisotopic (exact) mass is 389 g/mol. The zero-order valence-corrected chi connectivity index (χ0v) is 15.3. The van der Waals surface area contributed by atoms with Crippen LogP contribution in [0.15, 0.2) is 29.2 Å². The number of nitrogens with one attached hydrogen (secondary N) is 1. The van der Waals surface area contributed by atoms with E-state index < -0.39 is 26.5 Å². The Balaban J connectivity index is 2.54. The van der Waals surface area contributed by atoms with Crippen LogP contribution in [0.25, 0.3) is 0 Å². The fourth-order valence-corrected chi connectivity index (χ4v) is 4.87. The van der Waals surface area contributed by atoms with Crippen molar-refractivity contribution in [2.45, 2.75) is 30.2 Å². The molecule has 9 nitrogen and oxygen atoms in total. The molecule has 1 aromatic rings. The van der Waals surface area contributed by atoms with Crippen LogP contribution in [0, 0.1) is 10.1 Å². The topological polar surface area (TPSA) is 119 Å². The van der Waals surface area contributed by atoms with E-state index in [-0.39, 0.29) is 16.3 Å². The Bertz CT molecular complexity index is 762. The Labute approximate surface area is 150 Å². The van der Waals surface area contributed by atoms with Gasteiger partial charge in [0.15, 0.2) is 0 Å². The molecule has 0 atom stereocenters. The van der Waals surface area contributed by atoms with E-state index in [1.54, 1.807) is 0 Å². The molecule has 138 valence electrons. The lowest BCUT2D eigenvalue weighted by Crippen LogP contribution is -2.58. The molecular formula is C14H19N3O6S2. The first-order valence-corrected chi connectivity index (χ1v) is 9.60. The van der Waals surface area contributed by atoms with Crippen LogP contribution in [-0.4, -0.2) is 48.2 Å². The average Bonchev–Trinajstić information content (AvgIpc) is 2.60. The van der Waals surface area contributed by atoms with Gasteiger partial charge in [-0.2, -0.15) is 12.6 Å². The summed E-state index contributed by atoms with van der Waals surface area (Å²) in [6.07, 6.45) is 0.774. The van der Waals surface area contributed by atoms with Gasteiger partial charge in [-0.25, -0.2) is 8.42 Å². The molecule has 25 heavy (non-hydrogen) atoms. The van der Waals surface area contributed by atoms with Gasteiger partial charge in [0, 0.05) is 24.8 Å². The summed E-state index contributed by atoms with van der Waals surface area (Å²) in [4.78, 5) is 26.5. The highest BCUT2D eigenvalue weighted by Crippen LogP contribution is 2.34. The Morgan fingerprint density at radius 3 is 2.60 bits per heavy atom. The largest absolute Gasteiger partial charge is 0.353 e. The minimum absolute atomic E-state index is 0.135. The van der Waals surface area contributed by atoms with Crippen molar-refractivity contribution in [2.75, 3.05) is 18.8 Å². The number of carbonyl (C=O) groups is 1. The Morgan fingerprint density at radius 1 is 1.44 bits per heavy atom. The lowest BCUT2D eigenvalue weighted by atomic mass is 9.91. The highest BCUT2D eigenvalue weighted by atomic mass is 32.2. The van der Waals surface area contributed by atoms with Crippen LogP contribution in [-0.2, 0) is 19.7 Å². The molecule has 1 aromatic carbocycles. The molecule has 0 spiro atoms. The first-order chi connectivity index (χ1) is 11.7. The molecule has 0 unspecified atom stereocenters. The average molecular weight is 389 g/mol. The molecule has 0 aromatic heterocycles. The second kappa shape index (κ2) is 7.68. The fourth-order valence-electron chi connectivity index (χ4n) is 2.66. The van der Waals surface area contributed by atoms with Gasteiger partial charge >= 0.3 is 5.97 Å². The number of hydrogen-bond acceptors (Lipinski definition) is 8. The summed E-state index contributed by atoms with van der Waals surface area (Å²) in [6.45, 7) is 2.16. The van der Waals surface area contributed by atoms with Crippen molar-refractivity contribution >= 4 is 34.3 Å². The zero-order chi connectivity index (χ0) is 18.7. The van der Waals surface area contributed by atoms with Crippen molar-refractivity contribution in [1.29, 1.82) is 0 Å². The van der Waals surface area contributed by atoms with Crippen molar-refractivity contribution in [3.8, 4) is 0 Å². The van der Waals surface area contributed by atoms with Crippen molar-refractivity contribution in [1.82, 2.24) is 9.79 Å². The van der Waals surface area contributed by atoms with Gasteiger partial charge in [-0.3, -0.25) is 14.9 Å². The van der Waals surface area contributed by atoms with E-state index in [2.05, 4.69) is 17.9 Å². The van der Waals surface area contributed by atoms with Gasteiger partial charge in [0.05, 0.1) is 15.4 Å². The number of rotatable bonds is 6. The molecule has 1 saturated heterocycles. The van der Waals surface area contributed by atoms with Crippen molar-refractivity contribution < 1.29 is 23.0 Å². The lowest BCUT2D eigenvalue weighted by molar-refractivity contribution is -0.385. The SMILES string of the molecule is CC(=O)ON(C1(CS)CCNCC1)S(=O)(=O)c1cccc([N+](=O)[O-])c1. The van der Waals surface area contributed by atoms with Gasteiger partial charge in [-0.1, -0.05) is 6.07 Å². The Hall–Kier alpha value is -1.69. The maximum Gasteiger partial charge on any atom is 0.323 e. The van der Waals surface area contributed by atoms with Crippen LogP contribution >= 0.6 is 12.6 Å². The molecule has 11 heteroatoms. The molecule has 1 N–H and O–H groups in total. The van der Waals surface area contributed by atoms with E-state index in [9.17, 15) is 23.3 Å². The first kappa shape index (κ1) is 19.6. The van der Waals surface area contributed by atoms with E-state index in [0.717, 1.165) is 13.0 Å². The van der Waals surface area contributed by atoms with Crippen molar-refractivity contribution in [3.05, 3.63) is 34.4 Å².